The molecule has 96 valence electrons. The highest BCUT2D eigenvalue weighted by Gasteiger charge is 2.21. The van der Waals surface area contributed by atoms with Crippen LogP contribution in [0.5, 0.6) is 0 Å². The molecule has 1 unspecified atom stereocenters. The van der Waals surface area contributed by atoms with Crippen LogP contribution in [0.3, 0.4) is 0 Å². The molecule has 0 amide bonds. The second-order valence-electron chi connectivity index (χ2n) is 4.70. The number of ether oxygens (including phenoxy) is 1. The molecule has 0 aliphatic heterocycles. The van der Waals surface area contributed by atoms with Gasteiger partial charge in [-0.1, -0.05) is 26.2 Å². The van der Waals surface area contributed by atoms with Crippen molar-refractivity contribution in [3.8, 4) is 0 Å². The molecule has 3 nitrogen and oxygen atoms in total. The molecule has 0 aromatic carbocycles. The van der Waals surface area contributed by atoms with Gasteiger partial charge < -0.3 is 15.2 Å². The largest absolute Gasteiger partial charge is 0.394 e. The molecule has 1 aliphatic rings. The van der Waals surface area contributed by atoms with Gasteiger partial charge in [0.2, 0.25) is 0 Å². The fourth-order valence-corrected chi connectivity index (χ4v) is 2.66. The maximum absolute atomic E-state index is 8.58. The minimum absolute atomic E-state index is 0.125. The lowest BCUT2D eigenvalue weighted by Gasteiger charge is -2.30. The third-order valence-electron chi connectivity index (χ3n) is 3.55. The molecule has 1 aliphatic carbocycles. The zero-order chi connectivity index (χ0) is 11.6. The van der Waals surface area contributed by atoms with Crippen LogP contribution in [0, 0.1) is 5.92 Å². The molecule has 0 heterocycles. The number of rotatable bonds is 8. The van der Waals surface area contributed by atoms with Crippen molar-refractivity contribution in [1.29, 1.82) is 0 Å². The Hall–Kier alpha value is -0.120. The van der Waals surface area contributed by atoms with E-state index in [1.54, 1.807) is 0 Å². The SMILES string of the molecule is CCC(NCCOCCO)C1CCCCC1. The molecule has 1 atom stereocenters. The average molecular weight is 229 g/mol. The number of hydrogen-bond acceptors (Lipinski definition) is 3. The fraction of sp³-hybridized carbons (Fsp3) is 1.00. The Morgan fingerprint density at radius 3 is 2.62 bits per heavy atom. The van der Waals surface area contributed by atoms with Crippen molar-refractivity contribution >= 4 is 0 Å². The van der Waals surface area contributed by atoms with Gasteiger partial charge in [-0.05, 0) is 25.2 Å². The predicted molar refractivity (Wildman–Crippen MR) is 66.6 cm³/mol. The molecule has 0 bridgehead atoms. The van der Waals surface area contributed by atoms with Crippen molar-refractivity contribution in [1.82, 2.24) is 5.32 Å². The highest BCUT2D eigenvalue weighted by Crippen LogP contribution is 2.27. The summed E-state index contributed by atoms with van der Waals surface area (Å²) in [5.41, 5.74) is 0. The second-order valence-corrected chi connectivity index (χ2v) is 4.70. The molecular formula is C13H27NO2. The quantitative estimate of drug-likeness (QED) is 0.625. The molecule has 16 heavy (non-hydrogen) atoms. The summed E-state index contributed by atoms with van der Waals surface area (Å²) in [5, 5.41) is 12.2. The van der Waals surface area contributed by atoms with Crippen LogP contribution in [-0.2, 0) is 4.74 Å². The van der Waals surface area contributed by atoms with Crippen LogP contribution >= 0.6 is 0 Å². The summed E-state index contributed by atoms with van der Waals surface area (Å²) >= 11 is 0. The van der Waals surface area contributed by atoms with E-state index >= 15 is 0 Å². The standard InChI is InChI=1S/C13H27NO2/c1-2-13(12-6-4-3-5-7-12)14-8-10-16-11-9-15/h12-15H,2-11H2,1H3. The normalized spacial score (nSPS) is 19.9. The lowest BCUT2D eigenvalue weighted by Crippen LogP contribution is -2.38. The smallest absolute Gasteiger partial charge is 0.0698 e. The van der Waals surface area contributed by atoms with Crippen molar-refractivity contribution in [2.45, 2.75) is 51.5 Å². The van der Waals surface area contributed by atoms with Crippen molar-refractivity contribution in [3.05, 3.63) is 0 Å². The molecular weight excluding hydrogens is 202 g/mol. The van der Waals surface area contributed by atoms with Crippen LogP contribution in [-0.4, -0.2) is 37.5 Å². The zero-order valence-corrected chi connectivity index (χ0v) is 10.6. The van der Waals surface area contributed by atoms with Gasteiger partial charge in [0.05, 0.1) is 19.8 Å². The number of aliphatic hydroxyl groups excluding tert-OH is 1. The Bertz CT molecular complexity index is 158. The van der Waals surface area contributed by atoms with E-state index in [0.29, 0.717) is 19.3 Å². The molecule has 0 saturated heterocycles. The number of nitrogens with one attached hydrogen (secondary N) is 1. The first kappa shape index (κ1) is 13.9. The maximum Gasteiger partial charge on any atom is 0.0698 e. The van der Waals surface area contributed by atoms with Crippen molar-refractivity contribution in [2.24, 2.45) is 5.92 Å². The average Bonchev–Trinajstić information content (AvgIpc) is 2.35. The van der Waals surface area contributed by atoms with Crippen LogP contribution in [0.4, 0.5) is 0 Å². The Labute approximate surface area is 99.6 Å². The van der Waals surface area contributed by atoms with Gasteiger partial charge in [0.1, 0.15) is 0 Å². The highest BCUT2D eigenvalue weighted by atomic mass is 16.5. The third kappa shape index (κ3) is 5.28. The van der Waals surface area contributed by atoms with Crippen LogP contribution < -0.4 is 5.32 Å². The monoisotopic (exact) mass is 229 g/mol. The van der Waals surface area contributed by atoms with Crippen molar-refractivity contribution in [3.63, 3.8) is 0 Å². The number of hydrogen-bond donors (Lipinski definition) is 2. The molecule has 0 radical (unpaired) electrons. The van der Waals surface area contributed by atoms with Gasteiger partial charge in [-0.15, -0.1) is 0 Å². The van der Waals surface area contributed by atoms with Gasteiger partial charge in [-0.3, -0.25) is 0 Å². The van der Waals surface area contributed by atoms with E-state index in [9.17, 15) is 0 Å². The van der Waals surface area contributed by atoms with E-state index in [2.05, 4.69) is 12.2 Å². The summed E-state index contributed by atoms with van der Waals surface area (Å²) in [4.78, 5) is 0. The summed E-state index contributed by atoms with van der Waals surface area (Å²) in [6.07, 6.45) is 8.23. The lowest BCUT2D eigenvalue weighted by molar-refractivity contribution is 0.0904. The first-order valence-electron chi connectivity index (χ1n) is 6.80. The van der Waals surface area contributed by atoms with E-state index in [1.807, 2.05) is 0 Å². The topological polar surface area (TPSA) is 41.5 Å². The van der Waals surface area contributed by atoms with Gasteiger partial charge in [-0.2, -0.15) is 0 Å². The fourth-order valence-electron chi connectivity index (χ4n) is 2.66. The van der Waals surface area contributed by atoms with E-state index < -0.39 is 0 Å². The van der Waals surface area contributed by atoms with Gasteiger partial charge in [0, 0.05) is 12.6 Å². The van der Waals surface area contributed by atoms with Crippen LogP contribution in [0.1, 0.15) is 45.4 Å². The Kier molecular flexibility index (Phi) is 7.81. The molecule has 0 spiro atoms. The van der Waals surface area contributed by atoms with Crippen molar-refractivity contribution in [2.75, 3.05) is 26.4 Å². The van der Waals surface area contributed by atoms with Gasteiger partial charge in [-0.25, -0.2) is 0 Å². The van der Waals surface area contributed by atoms with E-state index in [0.717, 1.165) is 12.5 Å². The molecule has 3 heteroatoms. The summed E-state index contributed by atoms with van der Waals surface area (Å²) in [7, 11) is 0. The van der Waals surface area contributed by atoms with E-state index in [4.69, 9.17) is 9.84 Å². The van der Waals surface area contributed by atoms with E-state index in [-0.39, 0.29) is 6.61 Å². The highest BCUT2D eigenvalue weighted by molar-refractivity contribution is 4.78. The minimum Gasteiger partial charge on any atom is -0.394 e. The third-order valence-corrected chi connectivity index (χ3v) is 3.55. The van der Waals surface area contributed by atoms with Crippen LogP contribution in [0.15, 0.2) is 0 Å². The first-order chi connectivity index (χ1) is 7.88. The number of aliphatic hydroxyl groups is 1. The Balaban J connectivity index is 2.10. The lowest BCUT2D eigenvalue weighted by atomic mass is 9.83. The maximum atomic E-state index is 8.58. The van der Waals surface area contributed by atoms with Gasteiger partial charge in [0.15, 0.2) is 0 Å². The summed E-state index contributed by atoms with van der Waals surface area (Å²) < 4.78 is 5.25. The Morgan fingerprint density at radius 1 is 1.25 bits per heavy atom. The summed E-state index contributed by atoms with van der Waals surface area (Å²) in [5.74, 6) is 0.872. The van der Waals surface area contributed by atoms with Gasteiger partial charge in [0.25, 0.3) is 0 Å². The molecule has 1 saturated carbocycles. The molecule has 0 aromatic rings. The van der Waals surface area contributed by atoms with Crippen LogP contribution in [0.2, 0.25) is 0 Å². The van der Waals surface area contributed by atoms with E-state index in [1.165, 1.54) is 38.5 Å². The summed E-state index contributed by atoms with van der Waals surface area (Å²) in [6, 6.07) is 0.665. The predicted octanol–water partition coefficient (Wildman–Crippen LogP) is 1.94. The minimum atomic E-state index is 0.125. The summed E-state index contributed by atoms with van der Waals surface area (Å²) in [6.45, 7) is 4.47. The molecule has 2 N–H and O–H groups in total. The Morgan fingerprint density at radius 2 is 2.00 bits per heavy atom. The van der Waals surface area contributed by atoms with Gasteiger partial charge >= 0.3 is 0 Å². The molecule has 1 fully saturated rings. The second kappa shape index (κ2) is 8.97. The molecule has 0 aromatic heterocycles. The van der Waals surface area contributed by atoms with Crippen LogP contribution in [0.25, 0.3) is 0 Å². The molecule has 1 rings (SSSR count). The van der Waals surface area contributed by atoms with Crippen molar-refractivity contribution < 1.29 is 9.84 Å². The first-order valence-corrected chi connectivity index (χ1v) is 6.80. The zero-order valence-electron chi connectivity index (χ0n) is 10.6.